The Morgan fingerprint density at radius 3 is 2.76 bits per heavy atom. The lowest BCUT2D eigenvalue weighted by molar-refractivity contribution is -0.137. The molecule has 0 saturated carbocycles. The zero-order chi connectivity index (χ0) is 17.8. The highest BCUT2D eigenvalue weighted by Gasteiger charge is 2.32. The third kappa shape index (κ3) is 2.81. The van der Waals surface area contributed by atoms with E-state index in [1.54, 1.807) is 11.3 Å². The van der Waals surface area contributed by atoms with Gasteiger partial charge in [-0.2, -0.15) is 18.3 Å². The second-order valence-corrected chi connectivity index (χ2v) is 7.24. The SMILES string of the molecule is Cc1csc(-c2nn(-c3cc(C(F)(F)F)ccc3Cl)c3c2CCN3)c1. The molecule has 0 spiro atoms. The van der Waals surface area contributed by atoms with Gasteiger partial charge in [-0.25, -0.2) is 4.68 Å². The van der Waals surface area contributed by atoms with Gasteiger partial charge in [0.05, 0.1) is 21.2 Å². The van der Waals surface area contributed by atoms with Gasteiger partial charge in [-0.1, -0.05) is 11.6 Å². The van der Waals surface area contributed by atoms with Crippen molar-refractivity contribution in [3.63, 3.8) is 0 Å². The predicted molar refractivity (Wildman–Crippen MR) is 93.8 cm³/mol. The van der Waals surface area contributed by atoms with Crippen LogP contribution in [-0.4, -0.2) is 16.3 Å². The van der Waals surface area contributed by atoms with Gasteiger partial charge in [0, 0.05) is 12.1 Å². The molecule has 4 rings (SSSR count). The van der Waals surface area contributed by atoms with Crippen molar-refractivity contribution in [2.45, 2.75) is 19.5 Å². The molecule has 3 heterocycles. The highest BCUT2D eigenvalue weighted by atomic mass is 35.5. The summed E-state index contributed by atoms with van der Waals surface area (Å²) in [5.41, 5.74) is 2.41. The number of hydrogen-bond donors (Lipinski definition) is 1. The van der Waals surface area contributed by atoms with E-state index in [4.69, 9.17) is 11.6 Å². The van der Waals surface area contributed by atoms with Gasteiger partial charge < -0.3 is 5.32 Å². The lowest BCUT2D eigenvalue weighted by Gasteiger charge is -2.12. The molecule has 3 aromatic rings. The standard InChI is InChI=1S/C17H13ClF3N3S/c1-9-6-14(25-8-9)15-11-4-5-22-16(11)24(23-15)13-7-10(17(19,20)21)2-3-12(13)18/h2-3,6-8,22H,4-5H2,1H3. The number of anilines is 1. The second-order valence-electron chi connectivity index (χ2n) is 5.92. The van der Waals surface area contributed by atoms with Crippen LogP contribution < -0.4 is 5.32 Å². The van der Waals surface area contributed by atoms with E-state index >= 15 is 0 Å². The minimum absolute atomic E-state index is 0.223. The number of fused-ring (bicyclic) bond motifs is 1. The average molecular weight is 384 g/mol. The van der Waals surface area contributed by atoms with E-state index in [9.17, 15) is 13.2 Å². The van der Waals surface area contributed by atoms with Crippen LogP contribution in [0.15, 0.2) is 29.6 Å². The molecule has 0 unspecified atom stereocenters. The number of aromatic nitrogens is 2. The summed E-state index contributed by atoms with van der Waals surface area (Å²) in [6.07, 6.45) is -3.66. The second kappa shape index (κ2) is 5.78. The first-order valence-corrected chi connectivity index (χ1v) is 8.89. The Bertz CT molecular complexity index is 959. The van der Waals surface area contributed by atoms with E-state index in [0.717, 1.165) is 46.8 Å². The Kier molecular flexibility index (Phi) is 3.81. The van der Waals surface area contributed by atoms with Crippen molar-refractivity contribution in [2.24, 2.45) is 0 Å². The van der Waals surface area contributed by atoms with Gasteiger partial charge in [0.25, 0.3) is 0 Å². The number of thiophene rings is 1. The highest BCUT2D eigenvalue weighted by Crippen LogP contribution is 2.39. The van der Waals surface area contributed by atoms with E-state index in [2.05, 4.69) is 10.4 Å². The van der Waals surface area contributed by atoms with Crippen LogP contribution in [0.3, 0.4) is 0 Å². The molecule has 0 saturated heterocycles. The fourth-order valence-electron chi connectivity index (χ4n) is 2.95. The van der Waals surface area contributed by atoms with Crippen LogP contribution in [0, 0.1) is 6.92 Å². The maximum Gasteiger partial charge on any atom is 0.416 e. The van der Waals surface area contributed by atoms with Crippen LogP contribution in [-0.2, 0) is 12.6 Å². The Balaban J connectivity index is 1.90. The molecule has 1 aliphatic heterocycles. The van der Waals surface area contributed by atoms with Crippen LogP contribution in [0.2, 0.25) is 5.02 Å². The first-order valence-electron chi connectivity index (χ1n) is 7.63. The number of aryl methyl sites for hydroxylation is 1. The number of benzene rings is 1. The van der Waals surface area contributed by atoms with Gasteiger partial charge in [0.1, 0.15) is 11.5 Å². The molecule has 8 heteroatoms. The maximum absolute atomic E-state index is 13.1. The molecule has 130 valence electrons. The van der Waals surface area contributed by atoms with E-state index in [-0.39, 0.29) is 10.7 Å². The normalized spacial score (nSPS) is 13.8. The Morgan fingerprint density at radius 2 is 2.08 bits per heavy atom. The third-order valence-electron chi connectivity index (χ3n) is 4.12. The summed E-state index contributed by atoms with van der Waals surface area (Å²) < 4.78 is 40.7. The molecule has 0 aliphatic carbocycles. The van der Waals surface area contributed by atoms with Gasteiger partial charge in [-0.15, -0.1) is 11.3 Å². The van der Waals surface area contributed by atoms with Crippen LogP contribution in [0.5, 0.6) is 0 Å². The number of hydrogen-bond acceptors (Lipinski definition) is 3. The number of halogens is 4. The van der Waals surface area contributed by atoms with E-state index in [1.165, 1.54) is 10.7 Å². The van der Waals surface area contributed by atoms with E-state index < -0.39 is 11.7 Å². The monoisotopic (exact) mass is 383 g/mol. The molecule has 3 nitrogen and oxygen atoms in total. The molecule has 0 amide bonds. The molecule has 1 N–H and O–H groups in total. The van der Waals surface area contributed by atoms with Gasteiger partial charge >= 0.3 is 6.18 Å². The molecular formula is C17H13ClF3N3S. The number of nitrogens with zero attached hydrogens (tertiary/aromatic N) is 2. The average Bonchev–Trinajstić information content (AvgIpc) is 3.23. The molecule has 1 aliphatic rings. The topological polar surface area (TPSA) is 29.9 Å². The fraction of sp³-hybridized carbons (Fsp3) is 0.235. The first-order chi connectivity index (χ1) is 11.8. The molecule has 2 aromatic heterocycles. The van der Waals surface area contributed by atoms with E-state index in [1.807, 2.05) is 18.4 Å². The van der Waals surface area contributed by atoms with Crippen molar-refractivity contribution in [2.75, 3.05) is 11.9 Å². The summed E-state index contributed by atoms with van der Waals surface area (Å²) in [5, 5.41) is 10.0. The fourth-order valence-corrected chi connectivity index (χ4v) is 4.06. The van der Waals surface area contributed by atoms with Crippen LogP contribution in [0.1, 0.15) is 16.7 Å². The molecule has 0 bridgehead atoms. The Morgan fingerprint density at radius 1 is 1.28 bits per heavy atom. The number of nitrogens with one attached hydrogen (secondary N) is 1. The summed E-state index contributed by atoms with van der Waals surface area (Å²) in [6, 6.07) is 5.31. The van der Waals surface area contributed by atoms with Crippen molar-refractivity contribution in [3.8, 4) is 16.3 Å². The van der Waals surface area contributed by atoms with Crippen molar-refractivity contribution in [1.29, 1.82) is 0 Å². The molecule has 1 aromatic carbocycles. The van der Waals surface area contributed by atoms with Crippen LogP contribution >= 0.6 is 22.9 Å². The summed E-state index contributed by atoms with van der Waals surface area (Å²) in [6.45, 7) is 2.72. The lowest BCUT2D eigenvalue weighted by Crippen LogP contribution is -2.09. The molecule has 0 atom stereocenters. The molecule has 0 radical (unpaired) electrons. The van der Waals surface area contributed by atoms with Gasteiger partial charge in [-0.05, 0) is 48.6 Å². The first kappa shape index (κ1) is 16.5. The van der Waals surface area contributed by atoms with Crippen LogP contribution in [0.25, 0.3) is 16.3 Å². The maximum atomic E-state index is 13.1. The quantitative estimate of drug-likeness (QED) is 0.628. The summed E-state index contributed by atoms with van der Waals surface area (Å²) in [7, 11) is 0. The summed E-state index contributed by atoms with van der Waals surface area (Å²) >= 11 is 7.76. The van der Waals surface area contributed by atoms with Gasteiger partial charge in [0.2, 0.25) is 0 Å². The Labute approximate surface area is 151 Å². The zero-order valence-corrected chi connectivity index (χ0v) is 14.7. The minimum Gasteiger partial charge on any atom is -0.369 e. The summed E-state index contributed by atoms with van der Waals surface area (Å²) in [5.74, 6) is 0.710. The minimum atomic E-state index is -4.43. The van der Waals surface area contributed by atoms with Crippen molar-refractivity contribution in [1.82, 2.24) is 9.78 Å². The van der Waals surface area contributed by atoms with Crippen LogP contribution in [0.4, 0.5) is 19.0 Å². The van der Waals surface area contributed by atoms with Crippen molar-refractivity contribution >= 4 is 28.8 Å². The zero-order valence-electron chi connectivity index (χ0n) is 13.1. The largest absolute Gasteiger partial charge is 0.416 e. The van der Waals surface area contributed by atoms with E-state index in [0.29, 0.717) is 5.82 Å². The third-order valence-corrected chi connectivity index (χ3v) is 5.49. The lowest BCUT2D eigenvalue weighted by atomic mass is 10.1. The summed E-state index contributed by atoms with van der Waals surface area (Å²) in [4.78, 5) is 0.999. The predicted octanol–water partition coefficient (Wildman–Crippen LogP) is 5.55. The van der Waals surface area contributed by atoms with Gasteiger partial charge in [0.15, 0.2) is 0 Å². The molecular weight excluding hydrogens is 371 g/mol. The molecule has 25 heavy (non-hydrogen) atoms. The highest BCUT2D eigenvalue weighted by molar-refractivity contribution is 7.13. The number of alkyl halides is 3. The smallest absolute Gasteiger partial charge is 0.369 e. The number of rotatable bonds is 2. The van der Waals surface area contributed by atoms with Crippen molar-refractivity contribution in [3.05, 3.63) is 51.4 Å². The Hall–Kier alpha value is -1.99. The van der Waals surface area contributed by atoms with Crippen molar-refractivity contribution < 1.29 is 13.2 Å². The van der Waals surface area contributed by atoms with Gasteiger partial charge in [-0.3, -0.25) is 0 Å². The molecule has 0 fully saturated rings.